The lowest BCUT2D eigenvalue weighted by atomic mass is 10.0. The molecule has 58 valence electrons. The summed E-state index contributed by atoms with van der Waals surface area (Å²) in [7, 11) is 0. The predicted octanol–water partition coefficient (Wildman–Crippen LogP) is 0.0244. The van der Waals surface area contributed by atoms with Gasteiger partial charge in [-0.3, -0.25) is 4.79 Å². The number of hydrogen-bond donors (Lipinski definition) is 2. The normalized spacial score (nSPS) is 20.5. The Balaban J connectivity index is 2.31. The molecule has 1 aliphatic carbocycles. The average molecular weight is 143 g/mol. The van der Waals surface area contributed by atoms with Gasteiger partial charge in [-0.05, 0) is 25.7 Å². The van der Waals surface area contributed by atoms with Crippen molar-refractivity contribution < 1.29 is 9.90 Å². The summed E-state index contributed by atoms with van der Waals surface area (Å²) < 4.78 is 0. The Morgan fingerprint density at radius 3 is 2.50 bits per heavy atom. The molecule has 3 heteroatoms. The molecule has 1 aliphatic rings. The first-order valence-corrected chi connectivity index (χ1v) is 3.62. The van der Waals surface area contributed by atoms with Gasteiger partial charge in [-0.1, -0.05) is 0 Å². The minimum absolute atomic E-state index is 0.162. The van der Waals surface area contributed by atoms with Crippen LogP contribution >= 0.6 is 0 Å². The monoisotopic (exact) mass is 143 g/mol. The number of amides is 1. The van der Waals surface area contributed by atoms with Gasteiger partial charge in [0, 0.05) is 12.0 Å². The van der Waals surface area contributed by atoms with Gasteiger partial charge in [0.2, 0.25) is 5.91 Å². The van der Waals surface area contributed by atoms with Crippen molar-refractivity contribution in [2.45, 2.75) is 25.7 Å². The lowest BCUT2D eigenvalue weighted by Gasteiger charge is -2.07. The van der Waals surface area contributed by atoms with E-state index < -0.39 is 0 Å². The van der Waals surface area contributed by atoms with Crippen molar-refractivity contribution in [1.82, 2.24) is 0 Å². The molecule has 1 amide bonds. The van der Waals surface area contributed by atoms with Crippen molar-refractivity contribution in [2.24, 2.45) is 11.1 Å². The highest BCUT2D eigenvalue weighted by Gasteiger charge is 2.47. The van der Waals surface area contributed by atoms with Crippen LogP contribution in [0.1, 0.15) is 25.7 Å². The molecule has 1 saturated carbocycles. The largest absolute Gasteiger partial charge is 0.396 e. The second-order valence-corrected chi connectivity index (χ2v) is 2.97. The van der Waals surface area contributed by atoms with Crippen LogP contribution in [0.15, 0.2) is 0 Å². The van der Waals surface area contributed by atoms with Crippen molar-refractivity contribution in [3.05, 3.63) is 0 Å². The number of aliphatic hydroxyl groups excluding tert-OH is 1. The van der Waals surface area contributed by atoms with Gasteiger partial charge in [-0.15, -0.1) is 0 Å². The van der Waals surface area contributed by atoms with E-state index in [0.29, 0.717) is 6.42 Å². The van der Waals surface area contributed by atoms with Crippen LogP contribution < -0.4 is 5.73 Å². The van der Waals surface area contributed by atoms with Gasteiger partial charge < -0.3 is 10.8 Å². The highest BCUT2D eigenvalue weighted by molar-refractivity contribution is 5.83. The molecule has 0 aromatic rings. The molecular weight excluding hydrogens is 130 g/mol. The highest BCUT2D eigenvalue weighted by atomic mass is 16.3. The summed E-state index contributed by atoms with van der Waals surface area (Å²) in [4.78, 5) is 10.7. The van der Waals surface area contributed by atoms with E-state index in [1.165, 1.54) is 0 Å². The van der Waals surface area contributed by atoms with Crippen molar-refractivity contribution in [3.63, 3.8) is 0 Å². The molecule has 3 N–H and O–H groups in total. The summed E-state index contributed by atoms with van der Waals surface area (Å²) >= 11 is 0. The van der Waals surface area contributed by atoms with Crippen LogP contribution in [0.3, 0.4) is 0 Å². The van der Waals surface area contributed by atoms with E-state index in [4.69, 9.17) is 10.8 Å². The molecule has 1 fully saturated rings. The number of nitrogens with two attached hydrogens (primary N) is 1. The lowest BCUT2D eigenvalue weighted by Crippen LogP contribution is -2.24. The van der Waals surface area contributed by atoms with Gasteiger partial charge in [0.05, 0.1) is 0 Å². The van der Waals surface area contributed by atoms with Crippen LogP contribution in [-0.2, 0) is 4.79 Å². The number of carbonyl (C=O) groups is 1. The van der Waals surface area contributed by atoms with Crippen molar-refractivity contribution in [1.29, 1.82) is 0 Å². The quantitative estimate of drug-likeness (QED) is 0.583. The maximum Gasteiger partial charge on any atom is 0.223 e. The molecule has 0 radical (unpaired) electrons. The van der Waals surface area contributed by atoms with E-state index >= 15 is 0 Å². The third-order valence-electron chi connectivity index (χ3n) is 2.19. The summed E-state index contributed by atoms with van der Waals surface area (Å²) in [5.74, 6) is -0.194. The van der Waals surface area contributed by atoms with E-state index in [9.17, 15) is 4.79 Å². The van der Waals surface area contributed by atoms with Gasteiger partial charge in [0.25, 0.3) is 0 Å². The van der Waals surface area contributed by atoms with Crippen molar-refractivity contribution in [2.75, 3.05) is 6.61 Å². The maximum absolute atomic E-state index is 10.7. The molecule has 0 aliphatic heterocycles. The topological polar surface area (TPSA) is 63.3 Å². The van der Waals surface area contributed by atoms with Crippen LogP contribution in [0.2, 0.25) is 0 Å². The number of rotatable bonds is 4. The van der Waals surface area contributed by atoms with Crippen LogP contribution in [-0.4, -0.2) is 17.6 Å². The summed E-state index contributed by atoms with van der Waals surface area (Å²) in [6.45, 7) is 0.162. The van der Waals surface area contributed by atoms with Crippen LogP contribution in [0.4, 0.5) is 0 Å². The highest BCUT2D eigenvalue weighted by Crippen LogP contribution is 2.49. The Kier molecular flexibility index (Phi) is 1.94. The SMILES string of the molecule is NC(=O)C1(CCCO)CC1. The second-order valence-electron chi connectivity index (χ2n) is 2.97. The third-order valence-corrected chi connectivity index (χ3v) is 2.19. The molecule has 0 spiro atoms. The predicted molar refractivity (Wildman–Crippen MR) is 37.2 cm³/mol. The summed E-state index contributed by atoms with van der Waals surface area (Å²) in [5.41, 5.74) is 4.93. The standard InChI is InChI=1S/C7H13NO2/c8-6(10)7(3-4-7)2-1-5-9/h9H,1-5H2,(H2,8,10). The van der Waals surface area contributed by atoms with Gasteiger partial charge in [-0.25, -0.2) is 0 Å². The van der Waals surface area contributed by atoms with Gasteiger partial charge in [0.15, 0.2) is 0 Å². The van der Waals surface area contributed by atoms with E-state index in [1.54, 1.807) is 0 Å². The first-order valence-electron chi connectivity index (χ1n) is 3.62. The Morgan fingerprint density at radius 2 is 2.20 bits per heavy atom. The smallest absolute Gasteiger partial charge is 0.223 e. The molecule has 0 heterocycles. The maximum atomic E-state index is 10.7. The van der Waals surface area contributed by atoms with Gasteiger partial charge in [0.1, 0.15) is 0 Å². The summed E-state index contributed by atoms with van der Waals surface area (Å²) in [6, 6.07) is 0. The Hall–Kier alpha value is -0.570. The molecular formula is C7H13NO2. The zero-order chi connectivity index (χ0) is 7.61. The summed E-state index contributed by atoms with van der Waals surface area (Å²) in [5, 5.41) is 8.49. The number of primary amides is 1. The zero-order valence-corrected chi connectivity index (χ0v) is 5.97. The third kappa shape index (κ3) is 1.29. The zero-order valence-electron chi connectivity index (χ0n) is 5.97. The Morgan fingerprint density at radius 1 is 1.60 bits per heavy atom. The lowest BCUT2D eigenvalue weighted by molar-refractivity contribution is -0.123. The molecule has 0 aromatic heterocycles. The minimum atomic E-state index is -0.220. The van der Waals surface area contributed by atoms with Gasteiger partial charge in [-0.2, -0.15) is 0 Å². The minimum Gasteiger partial charge on any atom is -0.396 e. The van der Waals surface area contributed by atoms with E-state index in [2.05, 4.69) is 0 Å². The number of aliphatic hydroxyl groups is 1. The van der Waals surface area contributed by atoms with Crippen LogP contribution in [0.25, 0.3) is 0 Å². The molecule has 0 unspecified atom stereocenters. The Labute approximate surface area is 60.2 Å². The molecule has 1 rings (SSSR count). The summed E-state index contributed by atoms with van der Waals surface area (Å²) in [6.07, 6.45) is 3.30. The number of carbonyl (C=O) groups excluding carboxylic acids is 1. The average Bonchev–Trinajstić information content (AvgIpc) is 2.64. The van der Waals surface area contributed by atoms with Crippen molar-refractivity contribution in [3.8, 4) is 0 Å². The molecule has 3 nitrogen and oxygen atoms in total. The number of hydrogen-bond acceptors (Lipinski definition) is 2. The van der Waals surface area contributed by atoms with Crippen molar-refractivity contribution >= 4 is 5.91 Å². The van der Waals surface area contributed by atoms with Crippen LogP contribution in [0.5, 0.6) is 0 Å². The van der Waals surface area contributed by atoms with E-state index in [-0.39, 0.29) is 17.9 Å². The van der Waals surface area contributed by atoms with E-state index in [1.807, 2.05) is 0 Å². The molecule has 10 heavy (non-hydrogen) atoms. The first-order chi connectivity index (χ1) is 4.71. The Bertz CT molecular complexity index is 141. The fourth-order valence-electron chi connectivity index (χ4n) is 1.19. The molecule has 0 bridgehead atoms. The fraction of sp³-hybridized carbons (Fsp3) is 0.857. The van der Waals surface area contributed by atoms with Crippen LogP contribution in [0, 0.1) is 5.41 Å². The second kappa shape index (κ2) is 2.58. The van der Waals surface area contributed by atoms with Gasteiger partial charge >= 0.3 is 0 Å². The molecule has 0 atom stereocenters. The fourth-order valence-corrected chi connectivity index (χ4v) is 1.19. The first kappa shape index (κ1) is 7.54. The van der Waals surface area contributed by atoms with E-state index in [0.717, 1.165) is 19.3 Å². The molecule has 0 saturated heterocycles. The molecule has 0 aromatic carbocycles.